The van der Waals surface area contributed by atoms with Crippen molar-refractivity contribution in [1.29, 1.82) is 0 Å². The molecule has 0 unspecified atom stereocenters. The van der Waals surface area contributed by atoms with Crippen molar-refractivity contribution < 1.29 is 0 Å². The van der Waals surface area contributed by atoms with Gasteiger partial charge >= 0.3 is 0 Å². The minimum absolute atomic E-state index is 0.0294. The predicted octanol–water partition coefficient (Wildman–Crippen LogP) is 7.21. The summed E-state index contributed by atoms with van der Waals surface area (Å²) in [6.45, 7) is 2.28. The van der Waals surface area contributed by atoms with E-state index in [4.69, 9.17) is 6.42 Å². The van der Waals surface area contributed by atoms with E-state index in [1.807, 2.05) is 0 Å². The van der Waals surface area contributed by atoms with Crippen LogP contribution in [0, 0.1) is 12.3 Å². The van der Waals surface area contributed by atoms with Crippen molar-refractivity contribution >= 4 is 0 Å². The van der Waals surface area contributed by atoms with Crippen molar-refractivity contribution in [2.45, 2.75) is 109 Å². The monoisotopic (exact) mass is 316 g/mol. The maximum Gasteiger partial charge on any atom is 0.191 e. The molecule has 2 heteroatoms. The van der Waals surface area contributed by atoms with Crippen molar-refractivity contribution in [3.8, 4) is 12.3 Å². The third-order valence-electron chi connectivity index (χ3n) is 4.62. The van der Waals surface area contributed by atoms with Crippen LogP contribution < -0.4 is 0 Å². The fourth-order valence-electron chi connectivity index (χ4n) is 2.99. The van der Waals surface area contributed by atoms with E-state index in [1.165, 1.54) is 70.6 Å². The van der Waals surface area contributed by atoms with E-state index in [2.05, 4.69) is 35.2 Å². The third-order valence-corrected chi connectivity index (χ3v) is 4.62. The molecule has 0 spiro atoms. The zero-order valence-corrected chi connectivity index (χ0v) is 15.2. The SMILES string of the molecule is C#CCCCC1(CCCC/C=C/CCCCCCCCC)N=N1. The molecule has 2 nitrogen and oxygen atoms in total. The highest BCUT2D eigenvalue weighted by Crippen LogP contribution is 2.38. The normalized spacial score (nSPS) is 15.1. The highest BCUT2D eigenvalue weighted by Gasteiger charge is 2.38. The van der Waals surface area contributed by atoms with E-state index < -0.39 is 0 Å². The molecule has 0 saturated heterocycles. The highest BCUT2D eigenvalue weighted by molar-refractivity contribution is 4.95. The van der Waals surface area contributed by atoms with Crippen molar-refractivity contribution in [2.75, 3.05) is 0 Å². The Morgan fingerprint density at radius 1 is 0.783 bits per heavy atom. The van der Waals surface area contributed by atoms with E-state index >= 15 is 0 Å². The van der Waals surface area contributed by atoms with Gasteiger partial charge in [-0.2, -0.15) is 10.2 Å². The number of rotatable bonds is 16. The maximum atomic E-state index is 5.29. The van der Waals surface area contributed by atoms with Gasteiger partial charge in [0.15, 0.2) is 5.66 Å². The number of hydrogen-bond acceptors (Lipinski definition) is 2. The number of terminal acetylenes is 1. The minimum atomic E-state index is -0.0294. The molecule has 0 radical (unpaired) electrons. The van der Waals surface area contributed by atoms with Gasteiger partial charge in [0.25, 0.3) is 0 Å². The molecular weight excluding hydrogens is 280 g/mol. The molecular formula is C21H36N2. The van der Waals surface area contributed by atoms with Crippen molar-refractivity contribution in [3.63, 3.8) is 0 Å². The molecule has 0 N–H and O–H groups in total. The van der Waals surface area contributed by atoms with Gasteiger partial charge in [0.2, 0.25) is 0 Å². The molecule has 0 amide bonds. The minimum Gasteiger partial charge on any atom is -0.159 e. The van der Waals surface area contributed by atoms with Crippen molar-refractivity contribution in [2.24, 2.45) is 10.2 Å². The lowest BCUT2D eigenvalue weighted by Crippen LogP contribution is -2.10. The van der Waals surface area contributed by atoms with Crippen LogP contribution in [0.2, 0.25) is 0 Å². The van der Waals surface area contributed by atoms with Gasteiger partial charge in [-0.25, -0.2) is 0 Å². The van der Waals surface area contributed by atoms with Crippen LogP contribution in [0.25, 0.3) is 0 Å². The van der Waals surface area contributed by atoms with Crippen LogP contribution >= 0.6 is 0 Å². The Hall–Kier alpha value is -1.10. The van der Waals surface area contributed by atoms with Crippen LogP contribution in [-0.2, 0) is 0 Å². The van der Waals surface area contributed by atoms with Gasteiger partial charge in [0, 0.05) is 6.42 Å². The smallest absolute Gasteiger partial charge is 0.159 e. The summed E-state index contributed by atoms with van der Waals surface area (Å²) in [5, 5.41) is 8.48. The number of nitrogens with zero attached hydrogens (tertiary/aromatic N) is 2. The number of hydrogen-bond donors (Lipinski definition) is 0. The fraction of sp³-hybridized carbons (Fsp3) is 0.810. The zero-order chi connectivity index (χ0) is 16.6. The summed E-state index contributed by atoms with van der Waals surface area (Å²) >= 11 is 0. The Labute approximate surface area is 144 Å². The molecule has 23 heavy (non-hydrogen) atoms. The van der Waals surface area contributed by atoms with Crippen LogP contribution in [-0.4, -0.2) is 5.66 Å². The summed E-state index contributed by atoms with van der Waals surface area (Å²) < 4.78 is 0. The summed E-state index contributed by atoms with van der Waals surface area (Å²) in [7, 11) is 0. The first-order chi connectivity index (χ1) is 11.3. The third kappa shape index (κ3) is 11.1. The standard InChI is InChI=1S/C21H36N2/c1-3-5-7-8-9-10-11-12-13-14-15-16-18-20-21(22-23-21)19-17-6-4-2/h2,13-14H,3,5-12,15-20H2,1H3/b14-13+. The van der Waals surface area contributed by atoms with E-state index in [0.29, 0.717) is 0 Å². The average Bonchev–Trinajstić information content (AvgIpc) is 3.32. The molecule has 0 aromatic heterocycles. The Bertz CT molecular complexity index is 370. The number of allylic oxidation sites excluding steroid dienone is 2. The predicted molar refractivity (Wildman–Crippen MR) is 100 cm³/mol. The van der Waals surface area contributed by atoms with Gasteiger partial charge in [-0.3, -0.25) is 0 Å². The van der Waals surface area contributed by atoms with E-state index in [9.17, 15) is 0 Å². The number of unbranched alkanes of at least 4 members (excludes halogenated alkanes) is 10. The largest absolute Gasteiger partial charge is 0.191 e. The molecule has 0 bridgehead atoms. The zero-order valence-electron chi connectivity index (χ0n) is 15.2. The Morgan fingerprint density at radius 3 is 1.96 bits per heavy atom. The van der Waals surface area contributed by atoms with E-state index in [1.54, 1.807) is 0 Å². The van der Waals surface area contributed by atoms with Gasteiger partial charge < -0.3 is 0 Å². The molecule has 0 saturated carbocycles. The van der Waals surface area contributed by atoms with E-state index in [-0.39, 0.29) is 5.66 Å². The van der Waals surface area contributed by atoms with Gasteiger partial charge in [0.05, 0.1) is 0 Å². The molecule has 1 aliphatic heterocycles. The molecule has 0 atom stereocenters. The molecule has 1 heterocycles. The summed E-state index contributed by atoms with van der Waals surface area (Å²) in [6.07, 6.45) is 28.8. The van der Waals surface area contributed by atoms with Crippen LogP contribution in [0.15, 0.2) is 22.4 Å². The molecule has 0 aromatic carbocycles. The second kappa shape index (κ2) is 13.3. The summed E-state index contributed by atoms with van der Waals surface area (Å²) in [5.74, 6) is 2.69. The Kier molecular flexibility index (Phi) is 11.6. The summed E-state index contributed by atoms with van der Waals surface area (Å²) in [4.78, 5) is 0. The van der Waals surface area contributed by atoms with Crippen molar-refractivity contribution in [3.05, 3.63) is 12.2 Å². The fourth-order valence-corrected chi connectivity index (χ4v) is 2.99. The highest BCUT2D eigenvalue weighted by atomic mass is 15.4. The van der Waals surface area contributed by atoms with Crippen LogP contribution in [0.1, 0.15) is 103 Å². The molecule has 130 valence electrons. The van der Waals surface area contributed by atoms with Crippen LogP contribution in [0.3, 0.4) is 0 Å². The topological polar surface area (TPSA) is 24.7 Å². The first kappa shape index (κ1) is 19.9. The lowest BCUT2D eigenvalue weighted by Gasteiger charge is -2.08. The second-order valence-electron chi connectivity index (χ2n) is 6.87. The Balaban J connectivity index is 1.83. The van der Waals surface area contributed by atoms with Gasteiger partial charge in [-0.1, -0.05) is 57.6 Å². The van der Waals surface area contributed by atoms with Crippen LogP contribution in [0.4, 0.5) is 0 Å². The molecule has 0 fully saturated rings. The van der Waals surface area contributed by atoms with Crippen molar-refractivity contribution in [1.82, 2.24) is 0 Å². The molecule has 1 rings (SSSR count). The Morgan fingerprint density at radius 2 is 1.35 bits per heavy atom. The first-order valence-corrected chi connectivity index (χ1v) is 9.85. The molecule has 0 aromatic rings. The quantitative estimate of drug-likeness (QED) is 0.163. The summed E-state index contributed by atoms with van der Waals surface area (Å²) in [6, 6.07) is 0. The van der Waals surface area contributed by atoms with Gasteiger partial charge in [-0.05, 0) is 51.4 Å². The van der Waals surface area contributed by atoms with Gasteiger partial charge in [0.1, 0.15) is 0 Å². The molecule has 1 aliphatic rings. The lowest BCUT2D eigenvalue weighted by atomic mass is 9.99. The second-order valence-corrected chi connectivity index (χ2v) is 6.87. The van der Waals surface area contributed by atoms with E-state index in [0.717, 1.165) is 25.7 Å². The van der Waals surface area contributed by atoms with Gasteiger partial charge in [-0.15, -0.1) is 12.3 Å². The average molecular weight is 317 g/mol. The molecule has 0 aliphatic carbocycles. The first-order valence-electron chi connectivity index (χ1n) is 9.85. The lowest BCUT2D eigenvalue weighted by molar-refractivity contribution is 0.468. The van der Waals surface area contributed by atoms with Crippen LogP contribution in [0.5, 0.6) is 0 Å². The summed E-state index contributed by atoms with van der Waals surface area (Å²) in [5.41, 5.74) is -0.0294. The maximum absolute atomic E-state index is 5.29.